The van der Waals surface area contributed by atoms with Crippen LogP contribution in [0.15, 0.2) is 48.7 Å². The fourth-order valence-corrected chi connectivity index (χ4v) is 1.71. The van der Waals surface area contributed by atoms with E-state index >= 15 is 0 Å². The molecule has 0 aliphatic rings. The van der Waals surface area contributed by atoms with Crippen LogP contribution in [-0.2, 0) is 17.6 Å². The van der Waals surface area contributed by atoms with E-state index in [4.69, 9.17) is 0 Å². The summed E-state index contributed by atoms with van der Waals surface area (Å²) in [5.74, 6) is 0.292. The van der Waals surface area contributed by atoms with Crippen LogP contribution in [0.25, 0.3) is 0 Å². The van der Waals surface area contributed by atoms with Crippen molar-refractivity contribution in [3.05, 3.63) is 59.9 Å². The van der Waals surface area contributed by atoms with Gasteiger partial charge in [0.15, 0.2) is 0 Å². The highest BCUT2D eigenvalue weighted by molar-refractivity contribution is 5.81. The van der Waals surface area contributed by atoms with Crippen LogP contribution in [0, 0.1) is 0 Å². The van der Waals surface area contributed by atoms with Gasteiger partial charge in [-0.3, -0.25) is 4.79 Å². The highest BCUT2D eigenvalue weighted by Crippen LogP contribution is 2.05. The third-order valence-corrected chi connectivity index (χ3v) is 2.58. The molecule has 1 N–H and O–H groups in total. The molecule has 2 aromatic rings. The number of carbonyl (C=O) groups is 1. The number of Topliss-reactive ketones (excluding diaryl/α,β-unsaturated/α-hetero) is 1. The van der Waals surface area contributed by atoms with Gasteiger partial charge in [0.25, 0.3) is 0 Å². The van der Waals surface area contributed by atoms with Gasteiger partial charge in [-0.25, -0.2) is 0 Å². The summed E-state index contributed by atoms with van der Waals surface area (Å²) in [6.07, 6.45) is 3.84. The Kier molecular flexibility index (Phi) is 3.54. The summed E-state index contributed by atoms with van der Waals surface area (Å²) < 4.78 is 0. The lowest BCUT2D eigenvalue weighted by molar-refractivity contribution is -0.118. The fourth-order valence-electron chi connectivity index (χ4n) is 1.71. The van der Waals surface area contributed by atoms with Crippen LogP contribution in [0.2, 0.25) is 0 Å². The van der Waals surface area contributed by atoms with Crippen LogP contribution >= 0.6 is 0 Å². The van der Waals surface area contributed by atoms with E-state index in [1.54, 1.807) is 0 Å². The molecular formula is C14H15NO. The van der Waals surface area contributed by atoms with Crippen molar-refractivity contribution in [1.82, 2.24) is 4.98 Å². The molecule has 0 fully saturated rings. The van der Waals surface area contributed by atoms with E-state index in [1.807, 2.05) is 48.7 Å². The summed E-state index contributed by atoms with van der Waals surface area (Å²) in [4.78, 5) is 14.8. The van der Waals surface area contributed by atoms with Gasteiger partial charge in [-0.05, 0) is 24.1 Å². The second-order valence-electron chi connectivity index (χ2n) is 3.90. The van der Waals surface area contributed by atoms with Gasteiger partial charge in [-0.15, -0.1) is 0 Å². The van der Waals surface area contributed by atoms with Crippen molar-refractivity contribution in [3.63, 3.8) is 0 Å². The van der Waals surface area contributed by atoms with Crippen molar-refractivity contribution in [2.45, 2.75) is 19.3 Å². The molecule has 0 radical (unpaired) electrons. The molecule has 2 rings (SSSR count). The van der Waals surface area contributed by atoms with Crippen LogP contribution in [0.4, 0.5) is 0 Å². The van der Waals surface area contributed by atoms with E-state index in [9.17, 15) is 4.79 Å². The topological polar surface area (TPSA) is 32.9 Å². The third kappa shape index (κ3) is 3.09. The first-order chi connectivity index (χ1) is 7.84. The lowest BCUT2D eigenvalue weighted by Crippen LogP contribution is -2.04. The monoisotopic (exact) mass is 213 g/mol. The van der Waals surface area contributed by atoms with Gasteiger partial charge in [0.1, 0.15) is 5.78 Å². The maximum atomic E-state index is 11.7. The summed E-state index contributed by atoms with van der Waals surface area (Å²) in [6.45, 7) is 0. The van der Waals surface area contributed by atoms with Crippen molar-refractivity contribution >= 4 is 5.78 Å². The average Bonchev–Trinajstić information content (AvgIpc) is 2.81. The number of aromatic amines is 1. The van der Waals surface area contributed by atoms with Crippen molar-refractivity contribution in [1.29, 1.82) is 0 Å². The number of aryl methyl sites for hydroxylation is 1. The minimum Gasteiger partial charge on any atom is -0.365 e. The maximum Gasteiger partial charge on any atom is 0.137 e. The Hall–Kier alpha value is -1.83. The van der Waals surface area contributed by atoms with Gasteiger partial charge in [-0.1, -0.05) is 30.3 Å². The van der Waals surface area contributed by atoms with Crippen molar-refractivity contribution in [2.24, 2.45) is 0 Å². The third-order valence-electron chi connectivity index (χ3n) is 2.58. The van der Waals surface area contributed by atoms with Gasteiger partial charge >= 0.3 is 0 Å². The van der Waals surface area contributed by atoms with E-state index in [0.717, 1.165) is 17.7 Å². The molecule has 0 spiro atoms. The molecule has 0 bridgehead atoms. The predicted molar refractivity (Wildman–Crippen MR) is 64.3 cm³/mol. The number of aromatic nitrogens is 1. The Morgan fingerprint density at radius 3 is 2.56 bits per heavy atom. The summed E-state index contributed by atoms with van der Waals surface area (Å²) >= 11 is 0. The molecule has 2 nitrogen and oxygen atoms in total. The number of ketones is 1. The lowest BCUT2D eigenvalue weighted by atomic mass is 10.1. The number of hydrogen-bond acceptors (Lipinski definition) is 1. The van der Waals surface area contributed by atoms with Crippen molar-refractivity contribution in [3.8, 4) is 0 Å². The van der Waals surface area contributed by atoms with Crippen LogP contribution in [0.5, 0.6) is 0 Å². The quantitative estimate of drug-likeness (QED) is 0.814. The Balaban J connectivity index is 1.81. The van der Waals surface area contributed by atoms with Gasteiger partial charge in [0.05, 0.1) is 0 Å². The zero-order valence-corrected chi connectivity index (χ0v) is 9.15. The lowest BCUT2D eigenvalue weighted by Gasteiger charge is -2.00. The number of benzene rings is 1. The molecule has 16 heavy (non-hydrogen) atoms. The molecular weight excluding hydrogens is 198 g/mol. The van der Waals surface area contributed by atoms with Crippen molar-refractivity contribution < 1.29 is 4.79 Å². The molecule has 0 unspecified atom stereocenters. The Bertz CT molecular complexity index is 431. The number of rotatable bonds is 5. The van der Waals surface area contributed by atoms with Gasteiger partial charge in [-0.2, -0.15) is 0 Å². The molecule has 1 aromatic heterocycles. The van der Waals surface area contributed by atoms with E-state index < -0.39 is 0 Å². The first-order valence-corrected chi connectivity index (χ1v) is 5.52. The maximum absolute atomic E-state index is 11.7. The van der Waals surface area contributed by atoms with E-state index in [0.29, 0.717) is 18.6 Å². The standard InChI is InChI=1S/C14H15NO/c16-14(9-8-13-7-4-10-15-13)11-12-5-2-1-3-6-12/h1-7,10,15H,8-9,11H2. The fraction of sp³-hybridized carbons (Fsp3) is 0.214. The number of carbonyl (C=O) groups excluding carboxylic acids is 1. The number of nitrogens with one attached hydrogen (secondary N) is 1. The van der Waals surface area contributed by atoms with Crippen LogP contribution < -0.4 is 0 Å². The van der Waals surface area contributed by atoms with Crippen LogP contribution in [0.1, 0.15) is 17.7 Å². The summed E-state index contributed by atoms with van der Waals surface area (Å²) in [5.41, 5.74) is 2.22. The van der Waals surface area contributed by atoms with E-state index in [2.05, 4.69) is 4.98 Å². The number of H-pyrrole nitrogens is 1. The smallest absolute Gasteiger partial charge is 0.137 e. The van der Waals surface area contributed by atoms with Crippen LogP contribution in [-0.4, -0.2) is 10.8 Å². The molecule has 0 atom stereocenters. The SMILES string of the molecule is O=C(CCc1ccc[nH]1)Cc1ccccc1. The molecule has 0 aliphatic carbocycles. The summed E-state index contributed by atoms with van der Waals surface area (Å²) in [6, 6.07) is 13.8. The Morgan fingerprint density at radius 1 is 1.06 bits per heavy atom. The molecule has 0 amide bonds. The van der Waals surface area contributed by atoms with E-state index in [-0.39, 0.29) is 0 Å². The molecule has 1 heterocycles. The second kappa shape index (κ2) is 5.31. The van der Waals surface area contributed by atoms with Gasteiger partial charge in [0, 0.05) is 24.7 Å². The zero-order chi connectivity index (χ0) is 11.2. The summed E-state index contributed by atoms with van der Waals surface area (Å²) in [5, 5.41) is 0. The molecule has 82 valence electrons. The molecule has 1 aromatic carbocycles. The first-order valence-electron chi connectivity index (χ1n) is 5.52. The Labute approximate surface area is 95.3 Å². The minimum absolute atomic E-state index is 0.292. The average molecular weight is 213 g/mol. The first kappa shape index (κ1) is 10.7. The molecule has 0 saturated carbocycles. The second-order valence-corrected chi connectivity index (χ2v) is 3.90. The highest BCUT2D eigenvalue weighted by atomic mass is 16.1. The molecule has 0 aliphatic heterocycles. The van der Waals surface area contributed by atoms with Gasteiger partial charge in [0.2, 0.25) is 0 Å². The minimum atomic E-state index is 0.292. The van der Waals surface area contributed by atoms with E-state index in [1.165, 1.54) is 0 Å². The van der Waals surface area contributed by atoms with Crippen LogP contribution in [0.3, 0.4) is 0 Å². The largest absolute Gasteiger partial charge is 0.365 e. The number of hydrogen-bond donors (Lipinski definition) is 1. The summed E-state index contributed by atoms with van der Waals surface area (Å²) in [7, 11) is 0. The molecule has 2 heteroatoms. The Morgan fingerprint density at radius 2 is 1.88 bits per heavy atom. The van der Waals surface area contributed by atoms with Gasteiger partial charge < -0.3 is 4.98 Å². The van der Waals surface area contributed by atoms with Crippen molar-refractivity contribution in [2.75, 3.05) is 0 Å². The molecule has 0 saturated heterocycles. The normalized spacial score (nSPS) is 10.2. The highest BCUT2D eigenvalue weighted by Gasteiger charge is 2.04. The zero-order valence-electron chi connectivity index (χ0n) is 9.15. The predicted octanol–water partition coefficient (Wildman–Crippen LogP) is 2.76.